The van der Waals surface area contributed by atoms with Crippen molar-refractivity contribution in [3.8, 4) is 5.75 Å². The summed E-state index contributed by atoms with van der Waals surface area (Å²) in [5.74, 6) is 1.53. The van der Waals surface area contributed by atoms with Crippen LogP contribution in [0.2, 0.25) is 0 Å². The van der Waals surface area contributed by atoms with Gasteiger partial charge in [-0.1, -0.05) is 18.2 Å². The summed E-state index contributed by atoms with van der Waals surface area (Å²) in [7, 11) is 1.57. The van der Waals surface area contributed by atoms with Gasteiger partial charge >= 0.3 is 0 Å². The van der Waals surface area contributed by atoms with Crippen LogP contribution in [0, 0.1) is 0 Å². The SMILES string of the molecule is COc1ccc(C(C)=O)cc1CC(=O)N[C@@H]1CCSc2ccccc21. The van der Waals surface area contributed by atoms with Crippen molar-refractivity contribution in [3.05, 3.63) is 59.2 Å². The number of benzene rings is 2. The summed E-state index contributed by atoms with van der Waals surface area (Å²) in [5.41, 5.74) is 2.49. The molecular weight excluding hydrogens is 334 g/mol. The summed E-state index contributed by atoms with van der Waals surface area (Å²) in [6.07, 6.45) is 1.11. The molecule has 0 spiro atoms. The lowest BCUT2D eigenvalue weighted by Crippen LogP contribution is -2.31. The molecule has 25 heavy (non-hydrogen) atoms. The summed E-state index contributed by atoms with van der Waals surface area (Å²) in [6, 6.07) is 13.4. The Kier molecular flexibility index (Phi) is 5.43. The quantitative estimate of drug-likeness (QED) is 0.829. The number of ketones is 1. The second-order valence-corrected chi connectivity index (χ2v) is 7.19. The zero-order chi connectivity index (χ0) is 17.8. The van der Waals surface area contributed by atoms with E-state index in [-0.39, 0.29) is 24.2 Å². The van der Waals surface area contributed by atoms with Gasteiger partial charge in [0, 0.05) is 21.8 Å². The van der Waals surface area contributed by atoms with Gasteiger partial charge in [-0.25, -0.2) is 0 Å². The molecule has 2 aromatic rings. The summed E-state index contributed by atoms with van der Waals surface area (Å²) >= 11 is 1.83. The van der Waals surface area contributed by atoms with E-state index >= 15 is 0 Å². The maximum absolute atomic E-state index is 12.6. The Bertz CT molecular complexity index is 803. The van der Waals surface area contributed by atoms with Crippen molar-refractivity contribution in [1.29, 1.82) is 0 Å². The largest absolute Gasteiger partial charge is 0.496 e. The average Bonchev–Trinajstić information content (AvgIpc) is 2.62. The first-order valence-electron chi connectivity index (χ1n) is 8.27. The Balaban J connectivity index is 1.75. The molecule has 0 unspecified atom stereocenters. The fourth-order valence-electron chi connectivity index (χ4n) is 3.05. The maximum Gasteiger partial charge on any atom is 0.225 e. The third kappa shape index (κ3) is 4.04. The Morgan fingerprint density at radius 2 is 2.04 bits per heavy atom. The lowest BCUT2D eigenvalue weighted by atomic mass is 10.0. The monoisotopic (exact) mass is 355 g/mol. The van der Waals surface area contributed by atoms with E-state index in [1.54, 1.807) is 25.3 Å². The molecule has 2 aromatic carbocycles. The van der Waals surface area contributed by atoms with E-state index in [9.17, 15) is 9.59 Å². The van der Waals surface area contributed by atoms with E-state index in [1.807, 2.05) is 23.9 Å². The van der Waals surface area contributed by atoms with Crippen LogP contribution in [0.1, 0.15) is 40.9 Å². The van der Waals surface area contributed by atoms with E-state index in [0.29, 0.717) is 11.3 Å². The van der Waals surface area contributed by atoms with E-state index < -0.39 is 0 Å². The van der Waals surface area contributed by atoms with Crippen LogP contribution in [0.25, 0.3) is 0 Å². The normalized spacial score (nSPS) is 16.0. The lowest BCUT2D eigenvalue weighted by molar-refractivity contribution is -0.121. The number of carbonyl (C=O) groups is 2. The van der Waals surface area contributed by atoms with Crippen LogP contribution < -0.4 is 10.1 Å². The molecule has 0 bridgehead atoms. The summed E-state index contributed by atoms with van der Waals surface area (Å²) in [6.45, 7) is 1.52. The molecule has 1 heterocycles. The number of thioether (sulfide) groups is 1. The van der Waals surface area contributed by atoms with Gasteiger partial charge < -0.3 is 10.1 Å². The molecule has 0 saturated carbocycles. The molecular formula is C20H21NO3S. The van der Waals surface area contributed by atoms with Crippen LogP contribution in [0.3, 0.4) is 0 Å². The van der Waals surface area contributed by atoms with Gasteiger partial charge in [0.25, 0.3) is 0 Å². The first-order chi connectivity index (χ1) is 12.1. The molecule has 130 valence electrons. The number of rotatable bonds is 5. The molecule has 0 aliphatic carbocycles. The van der Waals surface area contributed by atoms with E-state index in [0.717, 1.165) is 17.7 Å². The molecule has 0 aromatic heterocycles. The third-order valence-corrected chi connectivity index (χ3v) is 5.45. The van der Waals surface area contributed by atoms with Gasteiger partial charge in [-0.2, -0.15) is 0 Å². The molecule has 0 fully saturated rings. The van der Waals surface area contributed by atoms with Gasteiger partial charge in [0.05, 0.1) is 19.6 Å². The fourth-order valence-corrected chi connectivity index (χ4v) is 4.17. The number of hydrogen-bond donors (Lipinski definition) is 1. The second kappa shape index (κ2) is 7.74. The van der Waals surface area contributed by atoms with Crippen molar-refractivity contribution < 1.29 is 14.3 Å². The van der Waals surface area contributed by atoms with Crippen LogP contribution in [-0.4, -0.2) is 24.6 Å². The average molecular weight is 355 g/mol. The van der Waals surface area contributed by atoms with Crippen molar-refractivity contribution in [1.82, 2.24) is 5.32 Å². The predicted molar refractivity (Wildman–Crippen MR) is 99.4 cm³/mol. The van der Waals surface area contributed by atoms with Crippen LogP contribution in [-0.2, 0) is 11.2 Å². The van der Waals surface area contributed by atoms with Crippen molar-refractivity contribution in [3.63, 3.8) is 0 Å². The van der Waals surface area contributed by atoms with E-state index in [2.05, 4.69) is 17.4 Å². The number of amides is 1. The minimum Gasteiger partial charge on any atom is -0.496 e. The first-order valence-corrected chi connectivity index (χ1v) is 9.26. The second-order valence-electron chi connectivity index (χ2n) is 6.05. The summed E-state index contributed by atoms with van der Waals surface area (Å²) in [5, 5.41) is 3.13. The molecule has 1 aliphatic rings. The van der Waals surface area contributed by atoms with Gasteiger partial charge in [0.15, 0.2) is 5.78 Å². The molecule has 1 atom stereocenters. The number of methoxy groups -OCH3 is 1. The molecule has 1 aliphatic heterocycles. The number of nitrogens with one attached hydrogen (secondary N) is 1. The van der Waals surface area contributed by atoms with Crippen molar-refractivity contribution in [2.75, 3.05) is 12.9 Å². The summed E-state index contributed by atoms with van der Waals surface area (Å²) in [4.78, 5) is 25.4. The highest BCUT2D eigenvalue weighted by Crippen LogP contribution is 2.35. The molecule has 3 rings (SSSR count). The molecule has 0 saturated heterocycles. The predicted octanol–water partition coefficient (Wildman–Crippen LogP) is 3.79. The Labute approximate surface area is 152 Å². The van der Waals surface area contributed by atoms with Crippen molar-refractivity contribution in [2.45, 2.75) is 30.7 Å². The standard InChI is InChI=1S/C20H21NO3S/c1-13(22)14-7-8-18(24-2)15(11-14)12-20(23)21-17-9-10-25-19-6-4-3-5-16(17)19/h3-8,11,17H,9-10,12H2,1-2H3,(H,21,23)/t17-/m1/s1. The Morgan fingerprint density at radius 1 is 1.24 bits per heavy atom. The van der Waals surface area contributed by atoms with Gasteiger partial charge in [-0.05, 0) is 43.2 Å². The number of carbonyl (C=O) groups excluding carboxylic acids is 2. The topological polar surface area (TPSA) is 55.4 Å². The zero-order valence-electron chi connectivity index (χ0n) is 14.4. The van der Waals surface area contributed by atoms with Crippen LogP contribution >= 0.6 is 11.8 Å². The first kappa shape index (κ1) is 17.5. The number of Topliss-reactive ketones (excluding diaryl/α,β-unsaturated/α-hetero) is 1. The number of fused-ring (bicyclic) bond motifs is 1. The number of ether oxygens (including phenoxy) is 1. The maximum atomic E-state index is 12.6. The van der Waals surface area contributed by atoms with Gasteiger partial charge in [0.2, 0.25) is 5.91 Å². The van der Waals surface area contributed by atoms with E-state index in [1.165, 1.54) is 17.4 Å². The smallest absolute Gasteiger partial charge is 0.225 e. The Hall–Kier alpha value is -2.27. The highest BCUT2D eigenvalue weighted by Gasteiger charge is 2.22. The van der Waals surface area contributed by atoms with E-state index in [4.69, 9.17) is 4.74 Å². The minimum absolute atomic E-state index is 0.0254. The van der Waals surface area contributed by atoms with Crippen molar-refractivity contribution in [2.24, 2.45) is 0 Å². The molecule has 5 heteroatoms. The molecule has 4 nitrogen and oxygen atoms in total. The fraction of sp³-hybridized carbons (Fsp3) is 0.300. The van der Waals surface area contributed by atoms with Crippen molar-refractivity contribution >= 4 is 23.5 Å². The summed E-state index contributed by atoms with van der Waals surface area (Å²) < 4.78 is 5.33. The van der Waals surface area contributed by atoms with Gasteiger partial charge in [-0.3, -0.25) is 9.59 Å². The zero-order valence-corrected chi connectivity index (χ0v) is 15.2. The van der Waals surface area contributed by atoms with Crippen LogP contribution in [0.5, 0.6) is 5.75 Å². The molecule has 1 amide bonds. The van der Waals surface area contributed by atoms with Gasteiger partial charge in [-0.15, -0.1) is 11.8 Å². The Morgan fingerprint density at radius 3 is 2.80 bits per heavy atom. The highest BCUT2D eigenvalue weighted by molar-refractivity contribution is 7.99. The van der Waals surface area contributed by atoms with Crippen LogP contribution in [0.4, 0.5) is 0 Å². The molecule has 0 radical (unpaired) electrons. The number of hydrogen-bond acceptors (Lipinski definition) is 4. The van der Waals surface area contributed by atoms with Crippen LogP contribution in [0.15, 0.2) is 47.4 Å². The highest BCUT2D eigenvalue weighted by atomic mass is 32.2. The minimum atomic E-state index is -0.0642. The lowest BCUT2D eigenvalue weighted by Gasteiger charge is -2.26. The molecule has 1 N–H and O–H groups in total. The third-order valence-electron chi connectivity index (χ3n) is 4.33. The van der Waals surface area contributed by atoms with Gasteiger partial charge in [0.1, 0.15) is 5.75 Å².